The van der Waals surface area contributed by atoms with E-state index >= 15 is 0 Å². The minimum atomic E-state index is -4.37. The zero-order chi connectivity index (χ0) is 14.3. The molecule has 7 heteroatoms. The van der Waals surface area contributed by atoms with E-state index in [-0.39, 0.29) is 11.7 Å². The number of nitrogens with one attached hydrogen (secondary N) is 1. The van der Waals surface area contributed by atoms with Gasteiger partial charge in [0, 0.05) is 12.1 Å². The number of rotatable bonds is 6. The summed E-state index contributed by atoms with van der Waals surface area (Å²) in [7, 11) is 0. The summed E-state index contributed by atoms with van der Waals surface area (Å²) in [4.78, 5) is 11.4. The third-order valence-electron chi connectivity index (χ3n) is 2.15. The van der Waals surface area contributed by atoms with Crippen LogP contribution in [0.1, 0.15) is 12.8 Å². The molecule has 0 aromatic heterocycles. The van der Waals surface area contributed by atoms with Gasteiger partial charge in [0.1, 0.15) is 5.75 Å². The Morgan fingerprint density at radius 3 is 2.42 bits per heavy atom. The first-order chi connectivity index (χ1) is 8.90. The van der Waals surface area contributed by atoms with Gasteiger partial charge in [0.05, 0.1) is 0 Å². The molecule has 1 rings (SSSR count). The zero-order valence-electron chi connectivity index (χ0n) is 10.2. The van der Waals surface area contributed by atoms with Gasteiger partial charge in [-0.1, -0.05) is 0 Å². The Morgan fingerprint density at radius 1 is 1.26 bits per heavy atom. The molecule has 1 aromatic rings. The first-order valence-corrected chi connectivity index (χ1v) is 5.70. The molecule has 0 spiro atoms. The van der Waals surface area contributed by atoms with Crippen molar-refractivity contribution in [2.75, 3.05) is 18.5 Å². The maximum absolute atomic E-state index is 11.9. The van der Waals surface area contributed by atoms with E-state index in [1.54, 1.807) is 0 Å². The topological polar surface area (TPSA) is 64.4 Å². The van der Waals surface area contributed by atoms with E-state index in [1.807, 2.05) is 0 Å². The fourth-order valence-corrected chi connectivity index (χ4v) is 1.29. The number of benzene rings is 1. The Balaban J connectivity index is 2.45. The second-order valence-corrected chi connectivity index (χ2v) is 3.87. The third kappa shape index (κ3) is 6.66. The predicted octanol–water partition coefficient (Wildman–Crippen LogP) is 2.31. The van der Waals surface area contributed by atoms with Gasteiger partial charge in [-0.05, 0) is 37.2 Å². The lowest BCUT2D eigenvalue weighted by Gasteiger charge is -2.10. The number of ether oxygens (including phenoxy) is 1. The predicted molar refractivity (Wildman–Crippen MR) is 64.9 cm³/mol. The quantitative estimate of drug-likeness (QED) is 0.838. The van der Waals surface area contributed by atoms with Gasteiger partial charge >= 0.3 is 6.18 Å². The lowest BCUT2D eigenvalue weighted by atomic mass is 10.2. The summed E-state index contributed by atoms with van der Waals surface area (Å²) in [5, 5.41) is 2.60. The minimum Gasteiger partial charge on any atom is -0.484 e. The number of carbonyl (C=O) groups excluding carboxylic acids is 1. The number of anilines is 1. The Hall–Kier alpha value is -1.76. The molecule has 0 aliphatic carbocycles. The van der Waals surface area contributed by atoms with Crippen LogP contribution in [0, 0.1) is 0 Å². The molecule has 0 unspecified atom stereocenters. The van der Waals surface area contributed by atoms with E-state index in [0.717, 1.165) is 0 Å². The highest BCUT2D eigenvalue weighted by Gasteiger charge is 2.28. The third-order valence-corrected chi connectivity index (χ3v) is 2.15. The van der Waals surface area contributed by atoms with E-state index in [2.05, 4.69) is 10.1 Å². The second kappa shape index (κ2) is 6.98. The number of amides is 1. The average Bonchev–Trinajstić information content (AvgIpc) is 2.34. The fraction of sp³-hybridized carbons (Fsp3) is 0.417. The smallest absolute Gasteiger partial charge is 0.422 e. The van der Waals surface area contributed by atoms with E-state index in [0.29, 0.717) is 25.1 Å². The van der Waals surface area contributed by atoms with Crippen molar-refractivity contribution >= 4 is 11.6 Å². The summed E-state index contributed by atoms with van der Waals surface area (Å²) in [6, 6.07) is 5.69. The van der Waals surface area contributed by atoms with Crippen LogP contribution in [0.4, 0.5) is 18.9 Å². The van der Waals surface area contributed by atoms with Crippen LogP contribution in [0.25, 0.3) is 0 Å². The number of carbonyl (C=O) groups is 1. The van der Waals surface area contributed by atoms with Crippen molar-refractivity contribution in [3.63, 3.8) is 0 Å². The van der Waals surface area contributed by atoms with Crippen LogP contribution in [0.2, 0.25) is 0 Å². The first kappa shape index (κ1) is 15.3. The van der Waals surface area contributed by atoms with Gasteiger partial charge in [0.15, 0.2) is 6.61 Å². The Morgan fingerprint density at radius 2 is 1.89 bits per heavy atom. The van der Waals surface area contributed by atoms with Crippen LogP contribution in [0.15, 0.2) is 24.3 Å². The van der Waals surface area contributed by atoms with Crippen molar-refractivity contribution in [1.29, 1.82) is 0 Å². The van der Waals surface area contributed by atoms with Crippen molar-refractivity contribution < 1.29 is 22.7 Å². The molecular formula is C12H15F3N2O2. The Kier molecular flexibility index (Phi) is 5.62. The lowest BCUT2D eigenvalue weighted by Crippen LogP contribution is -2.19. The van der Waals surface area contributed by atoms with E-state index in [1.165, 1.54) is 24.3 Å². The minimum absolute atomic E-state index is 0.0947. The number of alkyl halides is 3. The molecule has 0 bridgehead atoms. The van der Waals surface area contributed by atoms with Gasteiger partial charge in [0.25, 0.3) is 0 Å². The highest BCUT2D eigenvalue weighted by Crippen LogP contribution is 2.20. The molecule has 1 amide bonds. The highest BCUT2D eigenvalue weighted by atomic mass is 19.4. The van der Waals surface area contributed by atoms with Crippen LogP contribution in [0.3, 0.4) is 0 Å². The monoisotopic (exact) mass is 276 g/mol. The normalized spacial score (nSPS) is 11.2. The summed E-state index contributed by atoms with van der Waals surface area (Å²) < 4.78 is 40.3. The van der Waals surface area contributed by atoms with Crippen molar-refractivity contribution in [3.05, 3.63) is 24.3 Å². The number of hydrogen-bond donors (Lipinski definition) is 2. The highest BCUT2D eigenvalue weighted by molar-refractivity contribution is 5.90. The maximum Gasteiger partial charge on any atom is 0.422 e. The van der Waals surface area contributed by atoms with Gasteiger partial charge in [-0.2, -0.15) is 13.2 Å². The van der Waals surface area contributed by atoms with Crippen LogP contribution in [-0.2, 0) is 4.79 Å². The standard InChI is InChI=1S/C12H15F3N2O2/c13-12(14,15)8-19-10-5-3-9(4-6-10)17-11(18)2-1-7-16/h3-6H,1-2,7-8,16H2,(H,17,18). The summed E-state index contributed by atoms with van der Waals surface area (Å²) >= 11 is 0. The summed E-state index contributed by atoms with van der Waals surface area (Å²) in [6.07, 6.45) is -3.48. The Labute approximate surface area is 108 Å². The SMILES string of the molecule is NCCCC(=O)Nc1ccc(OCC(F)(F)F)cc1. The van der Waals surface area contributed by atoms with Gasteiger partial charge in [0.2, 0.25) is 5.91 Å². The molecule has 3 N–H and O–H groups in total. The van der Waals surface area contributed by atoms with E-state index < -0.39 is 12.8 Å². The van der Waals surface area contributed by atoms with Crippen molar-refractivity contribution in [2.24, 2.45) is 5.73 Å². The summed E-state index contributed by atoms with van der Waals surface area (Å²) in [6.45, 7) is -0.910. The first-order valence-electron chi connectivity index (χ1n) is 5.70. The van der Waals surface area contributed by atoms with E-state index in [9.17, 15) is 18.0 Å². The molecule has 4 nitrogen and oxygen atoms in total. The number of halogens is 3. The van der Waals surface area contributed by atoms with Crippen LogP contribution >= 0.6 is 0 Å². The molecule has 0 aliphatic rings. The van der Waals surface area contributed by atoms with Gasteiger partial charge in [-0.15, -0.1) is 0 Å². The van der Waals surface area contributed by atoms with Gasteiger partial charge in [-0.25, -0.2) is 0 Å². The fourth-order valence-electron chi connectivity index (χ4n) is 1.29. The molecule has 0 saturated carbocycles. The van der Waals surface area contributed by atoms with Crippen molar-refractivity contribution in [1.82, 2.24) is 0 Å². The lowest BCUT2D eigenvalue weighted by molar-refractivity contribution is -0.153. The molecular weight excluding hydrogens is 261 g/mol. The number of nitrogens with two attached hydrogens (primary N) is 1. The molecule has 0 atom stereocenters. The summed E-state index contributed by atoms with van der Waals surface area (Å²) in [5.41, 5.74) is 5.77. The molecule has 19 heavy (non-hydrogen) atoms. The van der Waals surface area contributed by atoms with E-state index in [4.69, 9.17) is 5.73 Å². The summed E-state index contributed by atoms with van der Waals surface area (Å²) in [5.74, 6) is -0.0910. The van der Waals surface area contributed by atoms with Gasteiger partial charge < -0.3 is 15.8 Å². The Bertz CT molecular complexity index is 404. The molecule has 0 saturated heterocycles. The molecule has 1 aromatic carbocycles. The molecule has 0 heterocycles. The van der Waals surface area contributed by atoms with Crippen LogP contribution < -0.4 is 15.8 Å². The van der Waals surface area contributed by atoms with Crippen molar-refractivity contribution in [3.8, 4) is 5.75 Å². The van der Waals surface area contributed by atoms with Crippen LogP contribution in [0.5, 0.6) is 5.75 Å². The second-order valence-electron chi connectivity index (χ2n) is 3.87. The molecule has 106 valence electrons. The molecule has 0 radical (unpaired) electrons. The average molecular weight is 276 g/mol. The van der Waals surface area contributed by atoms with Gasteiger partial charge in [-0.3, -0.25) is 4.79 Å². The zero-order valence-corrected chi connectivity index (χ0v) is 10.2. The molecule has 0 aliphatic heterocycles. The maximum atomic E-state index is 11.9. The largest absolute Gasteiger partial charge is 0.484 e. The number of hydrogen-bond acceptors (Lipinski definition) is 3. The van der Waals surface area contributed by atoms with Crippen molar-refractivity contribution in [2.45, 2.75) is 19.0 Å². The van der Waals surface area contributed by atoms with Crippen LogP contribution in [-0.4, -0.2) is 25.2 Å². The molecule has 0 fully saturated rings.